The Balaban J connectivity index is 1.44. The molecule has 2 aliphatic rings. The molecule has 142 valence electrons. The molecule has 0 unspecified atom stereocenters. The maximum atomic E-state index is 12.8. The molecule has 4 rings (SSSR count). The predicted octanol–water partition coefficient (Wildman–Crippen LogP) is 2.45. The van der Waals surface area contributed by atoms with Crippen LogP contribution < -0.4 is 5.56 Å². The molecule has 2 aromatic rings. The minimum atomic E-state index is -0.368. The van der Waals surface area contributed by atoms with E-state index in [-0.39, 0.29) is 17.0 Å². The molecule has 1 N–H and O–H groups in total. The lowest BCUT2D eigenvalue weighted by Crippen LogP contribution is -2.46. The molecule has 6 nitrogen and oxygen atoms in total. The molecule has 1 aromatic carbocycles. The molecule has 2 fully saturated rings. The van der Waals surface area contributed by atoms with Gasteiger partial charge in [-0.2, -0.15) is 0 Å². The van der Waals surface area contributed by atoms with Crippen LogP contribution in [0.15, 0.2) is 35.3 Å². The molecule has 0 saturated carbocycles. The lowest BCUT2D eigenvalue weighted by atomic mass is 10.0. The van der Waals surface area contributed by atoms with Gasteiger partial charge in [-0.1, -0.05) is 29.8 Å². The highest BCUT2D eigenvalue weighted by Gasteiger charge is 2.29. The SMILES string of the molecule is Cc1ccc(-c2ncc(C(=O)N3CCC(N4CCCC4)CC3)c(=O)[nH]2)cc1. The smallest absolute Gasteiger partial charge is 0.264 e. The zero-order chi connectivity index (χ0) is 18.8. The van der Waals surface area contributed by atoms with E-state index >= 15 is 0 Å². The second-order valence-electron chi connectivity index (χ2n) is 7.61. The number of carbonyl (C=O) groups is 1. The average molecular weight is 366 g/mol. The second kappa shape index (κ2) is 7.64. The zero-order valence-electron chi connectivity index (χ0n) is 15.8. The van der Waals surface area contributed by atoms with Gasteiger partial charge < -0.3 is 14.8 Å². The number of piperidine rings is 1. The van der Waals surface area contributed by atoms with Crippen LogP contribution in [0.4, 0.5) is 0 Å². The van der Waals surface area contributed by atoms with E-state index in [0.717, 1.165) is 24.0 Å². The van der Waals surface area contributed by atoms with Crippen LogP contribution in [0.2, 0.25) is 0 Å². The van der Waals surface area contributed by atoms with Gasteiger partial charge in [0.25, 0.3) is 11.5 Å². The second-order valence-corrected chi connectivity index (χ2v) is 7.61. The number of H-pyrrole nitrogens is 1. The number of nitrogens with zero attached hydrogens (tertiary/aromatic N) is 3. The summed E-state index contributed by atoms with van der Waals surface area (Å²) in [4.78, 5) is 36.7. The lowest BCUT2D eigenvalue weighted by molar-refractivity contribution is 0.0642. The van der Waals surface area contributed by atoms with Gasteiger partial charge in [-0.05, 0) is 45.7 Å². The van der Waals surface area contributed by atoms with Crippen LogP contribution in [0.5, 0.6) is 0 Å². The van der Waals surface area contributed by atoms with Gasteiger partial charge in [0, 0.05) is 30.9 Å². The fourth-order valence-electron chi connectivity index (χ4n) is 4.12. The number of aromatic amines is 1. The molecule has 27 heavy (non-hydrogen) atoms. The van der Waals surface area contributed by atoms with Crippen molar-refractivity contribution in [3.63, 3.8) is 0 Å². The van der Waals surface area contributed by atoms with E-state index in [9.17, 15) is 9.59 Å². The minimum Gasteiger partial charge on any atom is -0.338 e. The molecule has 0 radical (unpaired) electrons. The topological polar surface area (TPSA) is 69.3 Å². The normalized spacial score (nSPS) is 18.8. The average Bonchev–Trinajstić information content (AvgIpc) is 3.23. The molecular weight excluding hydrogens is 340 g/mol. The largest absolute Gasteiger partial charge is 0.338 e. The number of amides is 1. The third kappa shape index (κ3) is 3.81. The van der Waals surface area contributed by atoms with Crippen molar-refractivity contribution in [2.45, 2.75) is 38.6 Å². The van der Waals surface area contributed by atoms with Gasteiger partial charge in [-0.3, -0.25) is 9.59 Å². The fourth-order valence-corrected chi connectivity index (χ4v) is 4.12. The first-order valence-corrected chi connectivity index (χ1v) is 9.81. The maximum Gasteiger partial charge on any atom is 0.264 e. The summed E-state index contributed by atoms with van der Waals surface area (Å²) in [6.45, 7) is 5.79. The van der Waals surface area contributed by atoms with Gasteiger partial charge in [0.1, 0.15) is 11.4 Å². The Morgan fingerprint density at radius 1 is 1.07 bits per heavy atom. The summed E-state index contributed by atoms with van der Waals surface area (Å²) in [6.07, 6.45) is 5.96. The molecule has 0 atom stereocenters. The number of hydrogen-bond donors (Lipinski definition) is 1. The first-order chi connectivity index (χ1) is 13.1. The first kappa shape index (κ1) is 17.9. The molecule has 0 spiro atoms. The van der Waals surface area contributed by atoms with Gasteiger partial charge >= 0.3 is 0 Å². The minimum absolute atomic E-state index is 0.130. The van der Waals surface area contributed by atoms with Crippen LogP contribution >= 0.6 is 0 Å². The fraction of sp³-hybridized carbons (Fsp3) is 0.476. The number of aryl methyl sites for hydroxylation is 1. The van der Waals surface area contributed by atoms with Crippen LogP contribution in [-0.2, 0) is 0 Å². The highest BCUT2D eigenvalue weighted by molar-refractivity contribution is 5.93. The van der Waals surface area contributed by atoms with Gasteiger partial charge in [-0.25, -0.2) is 4.98 Å². The van der Waals surface area contributed by atoms with E-state index in [1.807, 2.05) is 31.2 Å². The summed E-state index contributed by atoms with van der Waals surface area (Å²) in [5, 5.41) is 0. The van der Waals surface area contributed by atoms with Crippen molar-refractivity contribution in [3.05, 3.63) is 51.9 Å². The number of carbonyl (C=O) groups excluding carboxylic acids is 1. The summed E-state index contributed by atoms with van der Waals surface area (Å²) in [6, 6.07) is 8.35. The van der Waals surface area contributed by atoms with Crippen molar-refractivity contribution in [2.75, 3.05) is 26.2 Å². The summed E-state index contributed by atoms with van der Waals surface area (Å²) in [7, 11) is 0. The van der Waals surface area contributed by atoms with E-state index in [2.05, 4.69) is 14.9 Å². The van der Waals surface area contributed by atoms with Gasteiger partial charge in [0.2, 0.25) is 0 Å². The number of hydrogen-bond acceptors (Lipinski definition) is 4. The van der Waals surface area contributed by atoms with Crippen molar-refractivity contribution in [1.82, 2.24) is 19.8 Å². The van der Waals surface area contributed by atoms with E-state index in [4.69, 9.17) is 0 Å². The Morgan fingerprint density at radius 3 is 2.37 bits per heavy atom. The quantitative estimate of drug-likeness (QED) is 0.906. The summed E-state index contributed by atoms with van der Waals surface area (Å²) in [5.41, 5.74) is 1.74. The number of aromatic nitrogens is 2. The molecule has 2 aliphatic heterocycles. The van der Waals surface area contributed by atoms with Crippen LogP contribution in [0.1, 0.15) is 41.6 Å². The third-order valence-corrected chi connectivity index (χ3v) is 5.76. The number of benzene rings is 1. The zero-order valence-corrected chi connectivity index (χ0v) is 15.8. The molecule has 3 heterocycles. The lowest BCUT2D eigenvalue weighted by Gasteiger charge is -2.36. The Hall–Kier alpha value is -2.47. The van der Waals surface area contributed by atoms with Gasteiger partial charge in [-0.15, -0.1) is 0 Å². The molecular formula is C21H26N4O2. The number of likely N-dealkylation sites (tertiary alicyclic amines) is 2. The Kier molecular flexibility index (Phi) is 5.07. The van der Waals surface area contributed by atoms with Crippen molar-refractivity contribution >= 4 is 5.91 Å². The Labute approximate surface area is 159 Å². The van der Waals surface area contributed by atoms with E-state index in [1.165, 1.54) is 32.1 Å². The van der Waals surface area contributed by atoms with Crippen LogP contribution in [0.3, 0.4) is 0 Å². The number of nitrogens with one attached hydrogen (secondary N) is 1. The molecule has 0 bridgehead atoms. The van der Waals surface area contributed by atoms with Crippen LogP contribution in [0.25, 0.3) is 11.4 Å². The van der Waals surface area contributed by atoms with Crippen LogP contribution in [-0.4, -0.2) is 57.9 Å². The van der Waals surface area contributed by atoms with Crippen molar-refractivity contribution in [1.29, 1.82) is 0 Å². The summed E-state index contributed by atoms with van der Waals surface area (Å²) >= 11 is 0. The summed E-state index contributed by atoms with van der Waals surface area (Å²) in [5.74, 6) is 0.281. The van der Waals surface area contributed by atoms with E-state index in [1.54, 1.807) is 4.90 Å². The molecule has 2 saturated heterocycles. The number of rotatable bonds is 3. The molecule has 1 aromatic heterocycles. The maximum absolute atomic E-state index is 12.8. The Morgan fingerprint density at radius 2 is 1.74 bits per heavy atom. The summed E-state index contributed by atoms with van der Waals surface area (Å²) < 4.78 is 0. The van der Waals surface area contributed by atoms with E-state index < -0.39 is 0 Å². The molecule has 6 heteroatoms. The van der Waals surface area contributed by atoms with Crippen molar-refractivity contribution in [3.8, 4) is 11.4 Å². The Bertz CT molecular complexity index is 860. The van der Waals surface area contributed by atoms with Gasteiger partial charge in [0.05, 0.1) is 0 Å². The third-order valence-electron chi connectivity index (χ3n) is 5.76. The standard InChI is InChI=1S/C21H26N4O2/c1-15-4-6-16(7-5-15)19-22-14-18(20(26)23-19)21(27)25-12-8-17(9-13-25)24-10-2-3-11-24/h4-7,14,17H,2-3,8-13H2,1H3,(H,22,23,26). The highest BCUT2D eigenvalue weighted by Crippen LogP contribution is 2.22. The monoisotopic (exact) mass is 366 g/mol. The van der Waals surface area contributed by atoms with Gasteiger partial charge in [0.15, 0.2) is 0 Å². The van der Waals surface area contributed by atoms with Crippen LogP contribution in [0, 0.1) is 6.92 Å². The molecule has 1 amide bonds. The highest BCUT2D eigenvalue weighted by atomic mass is 16.2. The van der Waals surface area contributed by atoms with Crippen molar-refractivity contribution < 1.29 is 4.79 Å². The first-order valence-electron chi connectivity index (χ1n) is 9.81. The van der Waals surface area contributed by atoms with E-state index in [0.29, 0.717) is 25.0 Å². The predicted molar refractivity (Wildman–Crippen MR) is 105 cm³/mol. The molecule has 0 aliphatic carbocycles. The van der Waals surface area contributed by atoms with Crippen molar-refractivity contribution in [2.24, 2.45) is 0 Å².